The fourth-order valence-corrected chi connectivity index (χ4v) is 3.79. The Labute approximate surface area is 184 Å². The minimum atomic E-state index is -0.556. The van der Waals surface area contributed by atoms with E-state index in [2.05, 4.69) is 5.32 Å². The molecule has 0 saturated carbocycles. The van der Waals surface area contributed by atoms with Crippen LogP contribution >= 0.6 is 11.8 Å². The maximum atomic E-state index is 13.1. The minimum absolute atomic E-state index is 0.0342. The highest BCUT2D eigenvalue weighted by Gasteiger charge is 2.26. The van der Waals surface area contributed by atoms with Gasteiger partial charge in [0.15, 0.2) is 0 Å². The third-order valence-corrected chi connectivity index (χ3v) is 6.00. The van der Waals surface area contributed by atoms with Crippen molar-refractivity contribution in [1.82, 2.24) is 10.2 Å². The molecule has 0 aliphatic carbocycles. The molecule has 2 amide bonds. The van der Waals surface area contributed by atoms with E-state index in [1.165, 1.54) is 0 Å². The van der Waals surface area contributed by atoms with Crippen LogP contribution in [0.1, 0.15) is 39.2 Å². The summed E-state index contributed by atoms with van der Waals surface area (Å²) in [6, 6.07) is 17.1. The Kier molecular flexibility index (Phi) is 9.74. The lowest BCUT2D eigenvalue weighted by Gasteiger charge is -2.30. The van der Waals surface area contributed by atoms with Crippen molar-refractivity contribution in [2.75, 3.05) is 12.9 Å². The fourth-order valence-electron chi connectivity index (χ4n) is 2.93. The summed E-state index contributed by atoms with van der Waals surface area (Å²) in [7, 11) is 1.62. The Morgan fingerprint density at radius 3 is 2.50 bits per heavy atom. The third-order valence-electron chi connectivity index (χ3n) is 4.98. The van der Waals surface area contributed by atoms with Crippen molar-refractivity contribution >= 4 is 23.6 Å². The summed E-state index contributed by atoms with van der Waals surface area (Å²) in [4.78, 5) is 28.6. The number of carbonyl (C=O) groups is 2. The van der Waals surface area contributed by atoms with Gasteiger partial charge >= 0.3 is 0 Å². The molecule has 1 N–H and O–H groups in total. The molecule has 0 radical (unpaired) electrons. The lowest BCUT2D eigenvalue weighted by atomic mass is 10.1. The summed E-state index contributed by atoms with van der Waals surface area (Å²) in [5, 5.41) is 2.99. The minimum Gasteiger partial charge on any atom is -0.497 e. The predicted molar refractivity (Wildman–Crippen MR) is 123 cm³/mol. The van der Waals surface area contributed by atoms with Crippen molar-refractivity contribution < 1.29 is 14.3 Å². The number of amides is 2. The maximum absolute atomic E-state index is 13.1. The van der Waals surface area contributed by atoms with Gasteiger partial charge in [0, 0.05) is 29.7 Å². The van der Waals surface area contributed by atoms with Crippen LogP contribution in [0.5, 0.6) is 5.75 Å². The second-order valence-electron chi connectivity index (χ2n) is 7.28. The Bertz CT molecular complexity index is 813. The molecule has 0 aromatic heterocycles. The number of hydrogen-bond acceptors (Lipinski definition) is 4. The molecule has 30 heavy (non-hydrogen) atoms. The van der Waals surface area contributed by atoms with Gasteiger partial charge in [0.1, 0.15) is 11.8 Å². The molecule has 0 aliphatic rings. The normalized spacial score (nSPS) is 12.7. The van der Waals surface area contributed by atoms with E-state index in [0.29, 0.717) is 18.7 Å². The number of rotatable bonds is 11. The Balaban J connectivity index is 2.09. The molecular formula is C24H32N2O3S. The number of thioether (sulfide) groups is 1. The van der Waals surface area contributed by atoms with E-state index >= 15 is 0 Å². The summed E-state index contributed by atoms with van der Waals surface area (Å²) in [5.41, 5.74) is 0.932. The first kappa shape index (κ1) is 23.8. The number of hydrogen-bond donors (Lipinski definition) is 1. The molecular weight excluding hydrogens is 396 g/mol. The number of benzene rings is 2. The predicted octanol–water partition coefficient (Wildman–Crippen LogP) is 4.51. The maximum Gasteiger partial charge on any atom is 0.242 e. The van der Waals surface area contributed by atoms with Gasteiger partial charge in [-0.15, -0.1) is 11.8 Å². The SMILES string of the molecule is CC[C@H](C)NC(=O)[C@H](C)N(Cc1cccc(OC)c1)C(=O)CCSc1ccccc1. The summed E-state index contributed by atoms with van der Waals surface area (Å²) in [5.74, 6) is 1.23. The van der Waals surface area contributed by atoms with Crippen molar-refractivity contribution in [3.05, 3.63) is 60.2 Å². The number of ether oxygens (including phenoxy) is 1. The van der Waals surface area contributed by atoms with Gasteiger partial charge in [0.25, 0.3) is 0 Å². The Hall–Kier alpha value is -2.47. The quantitative estimate of drug-likeness (QED) is 0.535. The zero-order valence-electron chi connectivity index (χ0n) is 18.3. The van der Waals surface area contributed by atoms with E-state index in [4.69, 9.17) is 4.74 Å². The summed E-state index contributed by atoms with van der Waals surface area (Å²) in [6.45, 7) is 6.15. The van der Waals surface area contributed by atoms with E-state index in [9.17, 15) is 9.59 Å². The van der Waals surface area contributed by atoms with Crippen LogP contribution < -0.4 is 10.1 Å². The van der Waals surface area contributed by atoms with E-state index in [-0.39, 0.29) is 17.9 Å². The molecule has 0 unspecified atom stereocenters. The zero-order chi connectivity index (χ0) is 21.9. The molecule has 2 rings (SSSR count). The lowest BCUT2D eigenvalue weighted by molar-refractivity contribution is -0.140. The highest BCUT2D eigenvalue weighted by Crippen LogP contribution is 2.20. The van der Waals surface area contributed by atoms with Gasteiger partial charge in [-0.05, 0) is 50.1 Å². The first-order valence-corrected chi connectivity index (χ1v) is 11.3. The van der Waals surface area contributed by atoms with E-state index in [1.807, 2.05) is 68.4 Å². The van der Waals surface area contributed by atoms with Gasteiger partial charge in [-0.2, -0.15) is 0 Å². The van der Waals surface area contributed by atoms with Crippen molar-refractivity contribution in [2.45, 2.75) is 57.1 Å². The largest absolute Gasteiger partial charge is 0.497 e. The molecule has 162 valence electrons. The van der Waals surface area contributed by atoms with Crippen LogP contribution in [-0.2, 0) is 16.1 Å². The first-order valence-electron chi connectivity index (χ1n) is 10.3. The Morgan fingerprint density at radius 2 is 1.83 bits per heavy atom. The van der Waals surface area contributed by atoms with Crippen LogP contribution in [0.3, 0.4) is 0 Å². The van der Waals surface area contributed by atoms with E-state index in [0.717, 1.165) is 22.6 Å². The van der Waals surface area contributed by atoms with Crippen molar-refractivity contribution in [1.29, 1.82) is 0 Å². The summed E-state index contributed by atoms with van der Waals surface area (Å²) < 4.78 is 5.30. The van der Waals surface area contributed by atoms with Gasteiger partial charge in [0.05, 0.1) is 7.11 Å². The molecule has 0 saturated heterocycles. The molecule has 6 heteroatoms. The average Bonchev–Trinajstić information content (AvgIpc) is 2.77. The third kappa shape index (κ3) is 7.41. The molecule has 0 bridgehead atoms. The van der Waals surface area contributed by atoms with Crippen molar-refractivity contribution in [3.8, 4) is 5.75 Å². The molecule has 5 nitrogen and oxygen atoms in total. The van der Waals surface area contributed by atoms with Gasteiger partial charge in [-0.3, -0.25) is 9.59 Å². The second kappa shape index (κ2) is 12.3. The average molecular weight is 429 g/mol. The topological polar surface area (TPSA) is 58.6 Å². The van der Waals surface area contributed by atoms with Crippen LogP contribution in [0.15, 0.2) is 59.5 Å². The van der Waals surface area contributed by atoms with Crippen LogP contribution in [0.2, 0.25) is 0 Å². The number of nitrogens with zero attached hydrogens (tertiary/aromatic N) is 1. The summed E-state index contributed by atoms with van der Waals surface area (Å²) in [6.07, 6.45) is 1.21. The molecule has 2 aromatic carbocycles. The molecule has 0 aliphatic heterocycles. The number of nitrogens with one attached hydrogen (secondary N) is 1. The van der Waals surface area contributed by atoms with Crippen molar-refractivity contribution in [3.63, 3.8) is 0 Å². The highest BCUT2D eigenvalue weighted by atomic mass is 32.2. The highest BCUT2D eigenvalue weighted by molar-refractivity contribution is 7.99. The van der Waals surface area contributed by atoms with Crippen LogP contribution in [-0.4, -0.2) is 41.7 Å². The zero-order valence-corrected chi connectivity index (χ0v) is 19.1. The molecule has 0 fully saturated rings. The molecule has 2 atom stereocenters. The Morgan fingerprint density at radius 1 is 1.10 bits per heavy atom. The number of methoxy groups -OCH3 is 1. The van der Waals surface area contributed by atoms with Gasteiger partial charge in [-0.25, -0.2) is 0 Å². The van der Waals surface area contributed by atoms with Crippen LogP contribution in [0, 0.1) is 0 Å². The van der Waals surface area contributed by atoms with E-state index < -0.39 is 6.04 Å². The smallest absolute Gasteiger partial charge is 0.242 e. The van der Waals surface area contributed by atoms with E-state index in [1.54, 1.807) is 30.7 Å². The summed E-state index contributed by atoms with van der Waals surface area (Å²) >= 11 is 1.64. The van der Waals surface area contributed by atoms with Gasteiger partial charge in [-0.1, -0.05) is 37.3 Å². The standard InChI is InChI=1S/C24H32N2O3S/c1-5-18(2)25-24(28)19(3)26(17-20-10-9-11-21(16-20)29-4)23(27)14-15-30-22-12-7-6-8-13-22/h6-13,16,18-19H,5,14-15,17H2,1-4H3,(H,25,28)/t18-,19-/m0/s1. The van der Waals surface area contributed by atoms with Crippen LogP contribution in [0.25, 0.3) is 0 Å². The molecule has 2 aromatic rings. The fraction of sp³-hybridized carbons (Fsp3) is 0.417. The molecule has 0 heterocycles. The number of carbonyl (C=O) groups excluding carboxylic acids is 2. The van der Waals surface area contributed by atoms with Crippen LogP contribution in [0.4, 0.5) is 0 Å². The second-order valence-corrected chi connectivity index (χ2v) is 8.45. The van der Waals surface area contributed by atoms with Crippen molar-refractivity contribution in [2.24, 2.45) is 0 Å². The van der Waals surface area contributed by atoms with Gasteiger partial charge < -0.3 is 15.0 Å². The lowest BCUT2D eigenvalue weighted by Crippen LogP contribution is -2.49. The first-order chi connectivity index (χ1) is 14.4. The molecule has 0 spiro atoms. The van der Waals surface area contributed by atoms with Gasteiger partial charge in [0.2, 0.25) is 11.8 Å². The monoisotopic (exact) mass is 428 g/mol.